The van der Waals surface area contributed by atoms with E-state index in [2.05, 4.69) is 0 Å². The molecule has 4 nitrogen and oxygen atoms in total. The highest BCUT2D eigenvalue weighted by atomic mass is 32.1. The van der Waals surface area contributed by atoms with Crippen molar-refractivity contribution in [2.24, 2.45) is 0 Å². The summed E-state index contributed by atoms with van der Waals surface area (Å²) in [6, 6.07) is 3.64. The number of thiophene rings is 1. The number of anilines is 1. The first-order valence-corrected chi connectivity index (χ1v) is 6.06. The molecule has 0 radical (unpaired) electrons. The van der Waals surface area contributed by atoms with Gasteiger partial charge in [-0.15, -0.1) is 11.3 Å². The molecule has 0 unspecified atom stereocenters. The second-order valence-corrected chi connectivity index (χ2v) is 4.52. The molecule has 0 aliphatic carbocycles. The van der Waals surface area contributed by atoms with Crippen LogP contribution in [0.1, 0.15) is 22.2 Å². The topological polar surface area (TPSA) is 65.5 Å². The van der Waals surface area contributed by atoms with Crippen molar-refractivity contribution in [2.45, 2.75) is 13.8 Å². The fourth-order valence-electron chi connectivity index (χ4n) is 1.52. The Bertz CT molecular complexity index is 528. The Labute approximate surface area is 103 Å². The van der Waals surface area contributed by atoms with Gasteiger partial charge in [0.2, 0.25) is 0 Å². The molecule has 0 spiro atoms. The Morgan fingerprint density at radius 3 is 2.94 bits per heavy atom. The molecule has 2 aromatic rings. The molecule has 0 saturated heterocycles. The van der Waals surface area contributed by atoms with Crippen LogP contribution >= 0.6 is 11.3 Å². The van der Waals surface area contributed by atoms with Gasteiger partial charge in [0.25, 0.3) is 0 Å². The summed E-state index contributed by atoms with van der Waals surface area (Å²) in [6.07, 6.45) is 1.59. The van der Waals surface area contributed by atoms with Gasteiger partial charge in [0.15, 0.2) is 0 Å². The van der Waals surface area contributed by atoms with Gasteiger partial charge in [0, 0.05) is 0 Å². The number of rotatable bonds is 3. The fraction of sp³-hybridized carbons (Fsp3) is 0.250. The first kappa shape index (κ1) is 11.7. The molecule has 0 bridgehead atoms. The highest BCUT2D eigenvalue weighted by Gasteiger charge is 2.21. The van der Waals surface area contributed by atoms with Crippen LogP contribution in [0, 0.1) is 6.92 Å². The maximum atomic E-state index is 11.7. The van der Waals surface area contributed by atoms with E-state index in [-0.39, 0.29) is 5.97 Å². The lowest BCUT2D eigenvalue weighted by molar-refractivity contribution is 0.0533. The first-order valence-electron chi connectivity index (χ1n) is 5.25. The minimum atomic E-state index is -0.379. The number of carbonyl (C=O) groups is 1. The molecule has 0 aliphatic heterocycles. The Hall–Kier alpha value is -1.75. The average molecular weight is 251 g/mol. The second-order valence-electron chi connectivity index (χ2n) is 3.50. The summed E-state index contributed by atoms with van der Waals surface area (Å²) in [6.45, 7) is 3.97. The summed E-state index contributed by atoms with van der Waals surface area (Å²) in [5.74, 6) is 0.339. The molecule has 0 fully saturated rings. The highest BCUT2D eigenvalue weighted by molar-refractivity contribution is 7.18. The summed E-state index contributed by atoms with van der Waals surface area (Å²) in [4.78, 5) is 13.0. The number of ether oxygens (including phenoxy) is 1. The fourth-order valence-corrected chi connectivity index (χ4v) is 2.61. The van der Waals surface area contributed by atoms with Gasteiger partial charge in [-0.3, -0.25) is 0 Å². The summed E-state index contributed by atoms with van der Waals surface area (Å²) < 4.78 is 10.3. The molecule has 2 aromatic heterocycles. The van der Waals surface area contributed by atoms with Crippen LogP contribution in [-0.4, -0.2) is 12.6 Å². The minimum Gasteiger partial charge on any atom is -0.464 e. The molecule has 5 heteroatoms. The molecule has 2 rings (SSSR count). The molecule has 0 atom stereocenters. The van der Waals surface area contributed by atoms with E-state index in [1.54, 1.807) is 19.3 Å². The lowest BCUT2D eigenvalue weighted by atomic mass is 10.2. The van der Waals surface area contributed by atoms with E-state index in [1.807, 2.05) is 13.0 Å². The minimum absolute atomic E-state index is 0.339. The molecule has 2 N–H and O–H groups in total. The van der Waals surface area contributed by atoms with E-state index < -0.39 is 0 Å². The third-order valence-corrected chi connectivity index (χ3v) is 3.70. The Kier molecular flexibility index (Phi) is 3.19. The van der Waals surface area contributed by atoms with E-state index in [0.717, 1.165) is 16.2 Å². The molecular weight excluding hydrogens is 238 g/mol. The van der Waals surface area contributed by atoms with Crippen LogP contribution in [0.4, 0.5) is 5.69 Å². The van der Waals surface area contributed by atoms with Crippen molar-refractivity contribution >= 4 is 23.0 Å². The maximum absolute atomic E-state index is 11.7. The third kappa shape index (κ3) is 2.06. The van der Waals surface area contributed by atoms with Crippen molar-refractivity contribution in [2.75, 3.05) is 12.3 Å². The zero-order chi connectivity index (χ0) is 12.4. The largest absolute Gasteiger partial charge is 0.464 e. The van der Waals surface area contributed by atoms with Crippen molar-refractivity contribution in [1.29, 1.82) is 0 Å². The molecule has 0 aliphatic rings. The van der Waals surface area contributed by atoms with Gasteiger partial charge >= 0.3 is 5.97 Å². The molecule has 2 heterocycles. The van der Waals surface area contributed by atoms with Crippen molar-refractivity contribution in [3.8, 4) is 10.6 Å². The lowest BCUT2D eigenvalue weighted by Gasteiger charge is -1.99. The standard InChI is InChI=1S/C12H13NO3S/c1-3-15-12(14)11-9(13)7(2)10(17-11)8-5-4-6-16-8/h4-6H,3,13H2,1-2H3. The lowest BCUT2D eigenvalue weighted by Crippen LogP contribution is -2.05. The van der Waals surface area contributed by atoms with Gasteiger partial charge in [0.1, 0.15) is 10.6 Å². The molecular formula is C12H13NO3S. The number of furan rings is 1. The van der Waals surface area contributed by atoms with Crippen LogP contribution in [0.2, 0.25) is 0 Å². The summed E-state index contributed by atoms with van der Waals surface area (Å²) in [5.41, 5.74) is 7.24. The number of nitrogen functional groups attached to an aromatic ring is 1. The van der Waals surface area contributed by atoms with E-state index in [9.17, 15) is 4.79 Å². The number of nitrogens with two attached hydrogens (primary N) is 1. The SMILES string of the molecule is CCOC(=O)c1sc(-c2ccco2)c(C)c1N. The second kappa shape index (κ2) is 4.63. The van der Waals surface area contributed by atoms with Crippen LogP contribution in [0.15, 0.2) is 22.8 Å². The number of hydrogen-bond acceptors (Lipinski definition) is 5. The first-order chi connectivity index (χ1) is 8.15. The van der Waals surface area contributed by atoms with Crippen molar-refractivity contribution in [1.82, 2.24) is 0 Å². The monoisotopic (exact) mass is 251 g/mol. The van der Waals surface area contributed by atoms with Crippen LogP contribution in [-0.2, 0) is 4.74 Å². The number of hydrogen-bond donors (Lipinski definition) is 1. The van der Waals surface area contributed by atoms with E-state index in [0.29, 0.717) is 17.2 Å². The smallest absolute Gasteiger partial charge is 0.350 e. The zero-order valence-electron chi connectivity index (χ0n) is 9.65. The van der Waals surface area contributed by atoms with Gasteiger partial charge in [-0.05, 0) is 31.5 Å². The predicted molar refractivity (Wildman–Crippen MR) is 67.1 cm³/mol. The van der Waals surface area contributed by atoms with Gasteiger partial charge in [-0.1, -0.05) is 0 Å². The quantitative estimate of drug-likeness (QED) is 0.851. The third-order valence-electron chi connectivity index (χ3n) is 2.40. The van der Waals surface area contributed by atoms with Crippen LogP contribution in [0.25, 0.3) is 10.6 Å². The number of esters is 1. The number of carbonyl (C=O) groups excluding carboxylic acids is 1. The molecule has 0 aromatic carbocycles. The van der Waals surface area contributed by atoms with Crippen LogP contribution in [0.3, 0.4) is 0 Å². The average Bonchev–Trinajstić information content (AvgIpc) is 2.90. The van der Waals surface area contributed by atoms with Gasteiger partial charge in [0.05, 0.1) is 23.4 Å². The zero-order valence-corrected chi connectivity index (χ0v) is 10.5. The molecule has 17 heavy (non-hydrogen) atoms. The Balaban J connectivity index is 2.44. The summed E-state index contributed by atoms with van der Waals surface area (Å²) >= 11 is 1.30. The predicted octanol–water partition coefficient (Wildman–Crippen LogP) is 3.08. The van der Waals surface area contributed by atoms with Crippen molar-refractivity contribution < 1.29 is 13.9 Å². The van der Waals surface area contributed by atoms with Gasteiger partial charge in [-0.25, -0.2) is 4.79 Å². The van der Waals surface area contributed by atoms with Crippen molar-refractivity contribution in [3.63, 3.8) is 0 Å². The Morgan fingerprint density at radius 1 is 1.59 bits per heavy atom. The summed E-state index contributed by atoms with van der Waals surface area (Å²) in [7, 11) is 0. The van der Waals surface area contributed by atoms with E-state index in [4.69, 9.17) is 14.9 Å². The van der Waals surface area contributed by atoms with Crippen LogP contribution in [0.5, 0.6) is 0 Å². The normalized spacial score (nSPS) is 10.5. The Morgan fingerprint density at radius 2 is 2.35 bits per heavy atom. The highest BCUT2D eigenvalue weighted by Crippen LogP contribution is 2.38. The maximum Gasteiger partial charge on any atom is 0.350 e. The molecule has 90 valence electrons. The van der Waals surface area contributed by atoms with Gasteiger partial charge < -0.3 is 14.9 Å². The summed E-state index contributed by atoms with van der Waals surface area (Å²) in [5, 5.41) is 0. The molecule has 0 saturated carbocycles. The van der Waals surface area contributed by atoms with Gasteiger partial charge in [-0.2, -0.15) is 0 Å². The molecule has 0 amide bonds. The van der Waals surface area contributed by atoms with Crippen molar-refractivity contribution in [3.05, 3.63) is 28.8 Å². The van der Waals surface area contributed by atoms with E-state index in [1.165, 1.54) is 11.3 Å². The van der Waals surface area contributed by atoms with E-state index >= 15 is 0 Å². The van der Waals surface area contributed by atoms with Crippen LogP contribution < -0.4 is 5.73 Å².